The summed E-state index contributed by atoms with van der Waals surface area (Å²) in [6, 6.07) is 8.34. The first-order chi connectivity index (χ1) is 9.69. The fourth-order valence-electron chi connectivity index (χ4n) is 2.92. The third-order valence-electron chi connectivity index (χ3n) is 3.82. The Hall–Kier alpha value is -1.65. The van der Waals surface area contributed by atoms with Gasteiger partial charge in [0.15, 0.2) is 0 Å². The van der Waals surface area contributed by atoms with Crippen LogP contribution in [0.3, 0.4) is 0 Å². The fourth-order valence-corrected chi connectivity index (χ4v) is 2.92. The highest BCUT2D eigenvalue weighted by atomic mass is 16.5. The van der Waals surface area contributed by atoms with Crippen molar-refractivity contribution in [1.82, 2.24) is 4.98 Å². The topological polar surface area (TPSA) is 45.6 Å². The average molecular weight is 272 g/mol. The number of anilines is 1. The molecule has 4 heteroatoms. The molecule has 3 rings (SSSR count). The molecule has 20 heavy (non-hydrogen) atoms. The minimum atomic E-state index is -0.119. The number of ether oxygens (including phenoxy) is 1. The molecular formula is C16H20N2O2. The van der Waals surface area contributed by atoms with Crippen LogP contribution in [0.15, 0.2) is 30.5 Å². The summed E-state index contributed by atoms with van der Waals surface area (Å²) in [4.78, 5) is 6.78. The largest absolute Gasteiger partial charge is 0.394 e. The average Bonchev–Trinajstić information content (AvgIpc) is 2.47. The fraction of sp³-hybridized carbons (Fsp3) is 0.438. The van der Waals surface area contributed by atoms with Crippen molar-refractivity contribution in [2.45, 2.75) is 26.1 Å². The van der Waals surface area contributed by atoms with Gasteiger partial charge in [0.1, 0.15) is 0 Å². The number of pyridine rings is 1. The van der Waals surface area contributed by atoms with Crippen LogP contribution in [-0.4, -0.2) is 42.0 Å². The molecule has 2 heterocycles. The maximum absolute atomic E-state index is 9.37. The van der Waals surface area contributed by atoms with Crippen LogP contribution in [0, 0.1) is 6.92 Å². The number of hydrogen-bond donors (Lipinski definition) is 1. The van der Waals surface area contributed by atoms with Gasteiger partial charge in [-0.25, -0.2) is 0 Å². The summed E-state index contributed by atoms with van der Waals surface area (Å²) >= 11 is 0. The summed E-state index contributed by atoms with van der Waals surface area (Å²) in [5.74, 6) is 0. The minimum absolute atomic E-state index is 0.0584. The molecule has 0 radical (unpaired) electrons. The number of aliphatic hydroxyl groups is 1. The van der Waals surface area contributed by atoms with Crippen molar-refractivity contribution in [1.29, 1.82) is 0 Å². The van der Waals surface area contributed by atoms with Crippen molar-refractivity contribution in [3.63, 3.8) is 0 Å². The monoisotopic (exact) mass is 272 g/mol. The van der Waals surface area contributed by atoms with Gasteiger partial charge in [0.25, 0.3) is 0 Å². The molecule has 0 amide bonds. The number of fused-ring (bicyclic) bond motifs is 1. The molecule has 0 spiro atoms. The Morgan fingerprint density at radius 1 is 1.35 bits per heavy atom. The van der Waals surface area contributed by atoms with Crippen molar-refractivity contribution in [2.75, 3.05) is 24.6 Å². The van der Waals surface area contributed by atoms with Crippen LogP contribution in [0.1, 0.15) is 12.5 Å². The minimum Gasteiger partial charge on any atom is -0.394 e. The Kier molecular flexibility index (Phi) is 3.59. The Morgan fingerprint density at radius 2 is 2.20 bits per heavy atom. The van der Waals surface area contributed by atoms with Crippen molar-refractivity contribution in [2.24, 2.45) is 0 Å². The van der Waals surface area contributed by atoms with Gasteiger partial charge in [-0.3, -0.25) is 4.98 Å². The standard InChI is InChI=1S/C16H20N2O2/c1-11-5-6-15(14-4-3-7-17-16(11)14)18-8-12(2)20-13(9-18)10-19/h3-7,12-13,19H,8-10H2,1-2H3. The highest BCUT2D eigenvalue weighted by Crippen LogP contribution is 2.29. The van der Waals surface area contributed by atoms with Crippen LogP contribution in [0.5, 0.6) is 0 Å². The number of nitrogens with zero attached hydrogens (tertiary/aromatic N) is 2. The van der Waals surface area contributed by atoms with Gasteiger partial charge < -0.3 is 14.7 Å². The van der Waals surface area contributed by atoms with E-state index in [0.717, 1.165) is 12.1 Å². The van der Waals surface area contributed by atoms with Gasteiger partial charge in [-0.1, -0.05) is 6.07 Å². The van der Waals surface area contributed by atoms with Gasteiger partial charge in [0.2, 0.25) is 0 Å². The Labute approximate surface area is 119 Å². The summed E-state index contributed by atoms with van der Waals surface area (Å²) < 4.78 is 5.72. The van der Waals surface area contributed by atoms with Crippen LogP contribution in [0.2, 0.25) is 0 Å². The predicted octanol–water partition coefficient (Wildman–Crippen LogP) is 2.13. The lowest BCUT2D eigenvalue weighted by atomic mass is 10.1. The first kappa shape index (κ1) is 13.3. The number of aromatic nitrogens is 1. The molecule has 1 N–H and O–H groups in total. The van der Waals surface area contributed by atoms with Crippen molar-refractivity contribution < 1.29 is 9.84 Å². The number of rotatable bonds is 2. The highest BCUT2D eigenvalue weighted by Gasteiger charge is 2.26. The second-order valence-corrected chi connectivity index (χ2v) is 5.46. The zero-order valence-corrected chi connectivity index (χ0v) is 11.9. The molecule has 1 aromatic heterocycles. The SMILES string of the molecule is Cc1ccc(N2CC(C)OC(CO)C2)c2cccnc12. The van der Waals surface area contributed by atoms with E-state index >= 15 is 0 Å². The Morgan fingerprint density at radius 3 is 3.00 bits per heavy atom. The van der Waals surface area contributed by atoms with Crippen molar-refractivity contribution >= 4 is 16.6 Å². The first-order valence-corrected chi connectivity index (χ1v) is 7.04. The second-order valence-electron chi connectivity index (χ2n) is 5.46. The van der Waals surface area contributed by atoms with E-state index in [1.54, 1.807) is 0 Å². The molecule has 4 nitrogen and oxygen atoms in total. The lowest BCUT2D eigenvalue weighted by molar-refractivity contribution is -0.0420. The second kappa shape index (κ2) is 5.38. The number of morpholine rings is 1. The number of benzene rings is 1. The summed E-state index contributed by atoms with van der Waals surface area (Å²) in [6.07, 6.45) is 1.83. The summed E-state index contributed by atoms with van der Waals surface area (Å²) in [7, 11) is 0. The number of hydrogen-bond acceptors (Lipinski definition) is 4. The van der Waals surface area contributed by atoms with E-state index in [0.29, 0.717) is 6.54 Å². The van der Waals surface area contributed by atoms with Crippen LogP contribution < -0.4 is 4.90 Å². The number of aryl methyl sites for hydroxylation is 1. The van der Waals surface area contributed by atoms with Crippen LogP contribution in [0.25, 0.3) is 10.9 Å². The smallest absolute Gasteiger partial charge is 0.0984 e. The molecule has 1 aromatic carbocycles. The van der Waals surface area contributed by atoms with Crippen molar-refractivity contribution in [3.05, 3.63) is 36.0 Å². The first-order valence-electron chi connectivity index (χ1n) is 7.04. The summed E-state index contributed by atoms with van der Waals surface area (Å²) in [5.41, 5.74) is 3.40. The molecule has 2 unspecified atom stereocenters. The summed E-state index contributed by atoms with van der Waals surface area (Å²) in [5, 5.41) is 10.5. The molecule has 0 bridgehead atoms. The van der Waals surface area contributed by atoms with Gasteiger partial charge in [0, 0.05) is 30.4 Å². The Bertz CT molecular complexity index is 614. The number of aliphatic hydroxyl groups excluding tert-OH is 1. The molecule has 106 valence electrons. The van der Waals surface area contributed by atoms with E-state index in [1.807, 2.05) is 19.2 Å². The normalized spacial score (nSPS) is 23.2. The maximum Gasteiger partial charge on any atom is 0.0984 e. The van der Waals surface area contributed by atoms with Gasteiger partial charge in [0.05, 0.1) is 24.3 Å². The van der Waals surface area contributed by atoms with E-state index in [2.05, 4.69) is 35.0 Å². The molecule has 1 saturated heterocycles. The molecule has 0 aliphatic carbocycles. The molecule has 1 fully saturated rings. The molecule has 1 aliphatic rings. The maximum atomic E-state index is 9.37. The van der Waals surface area contributed by atoms with Gasteiger partial charge in [-0.05, 0) is 37.6 Å². The van der Waals surface area contributed by atoms with E-state index in [-0.39, 0.29) is 18.8 Å². The van der Waals surface area contributed by atoms with Gasteiger partial charge >= 0.3 is 0 Å². The van der Waals surface area contributed by atoms with E-state index < -0.39 is 0 Å². The van der Waals surface area contributed by atoms with E-state index in [1.165, 1.54) is 16.6 Å². The lowest BCUT2D eigenvalue weighted by Crippen LogP contribution is -2.48. The highest BCUT2D eigenvalue weighted by molar-refractivity contribution is 5.93. The molecule has 1 aliphatic heterocycles. The van der Waals surface area contributed by atoms with Crippen LogP contribution in [-0.2, 0) is 4.74 Å². The third kappa shape index (κ3) is 2.37. The molecule has 0 saturated carbocycles. The van der Waals surface area contributed by atoms with Gasteiger partial charge in [-0.15, -0.1) is 0 Å². The van der Waals surface area contributed by atoms with E-state index in [9.17, 15) is 5.11 Å². The summed E-state index contributed by atoms with van der Waals surface area (Å²) in [6.45, 7) is 5.74. The van der Waals surface area contributed by atoms with E-state index in [4.69, 9.17) is 4.74 Å². The van der Waals surface area contributed by atoms with Crippen LogP contribution in [0.4, 0.5) is 5.69 Å². The predicted molar refractivity (Wildman–Crippen MR) is 80.1 cm³/mol. The molecular weight excluding hydrogens is 252 g/mol. The quantitative estimate of drug-likeness (QED) is 0.909. The van der Waals surface area contributed by atoms with Gasteiger partial charge in [-0.2, -0.15) is 0 Å². The van der Waals surface area contributed by atoms with Crippen molar-refractivity contribution in [3.8, 4) is 0 Å². The zero-order chi connectivity index (χ0) is 14.1. The van der Waals surface area contributed by atoms with Crippen LogP contribution >= 0.6 is 0 Å². The lowest BCUT2D eigenvalue weighted by Gasteiger charge is -2.38. The molecule has 2 aromatic rings. The Balaban J connectivity index is 2.03. The third-order valence-corrected chi connectivity index (χ3v) is 3.82. The zero-order valence-electron chi connectivity index (χ0n) is 11.9. The molecule has 2 atom stereocenters.